The highest BCUT2D eigenvalue weighted by atomic mass is 127. The molecule has 168 valence electrons. The number of nitrogens with one attached hydrogen (secondary N) is 2. The Hall–Kier alpha value is -0.590. The summed E-state index contributed by atoms with van der Waals surface area (Å²) in [5, 5.41) is 16.5. The number of hydrogen-bond acceptors (Lipinski definition) is 6. The fraction of sp³-hybridized carbons (Fsp3) is 0.842. The molecule has 2 N–H and O–H groups in total. The molecular formula is C19H38IN7OS. The summed E-state index contributed by atoms with van der Waals surface area (Å²) in [6.45, 7) is 14.8. The van der Waals surface area contributed by atoms with Gasteiger partial charge >= 0.3 is 0 Å². The minimum atomic E-state index is 0. The van der Waals surface area contributed by atoms with E-state index in [0.717, 1.165) is 88.8 Å². The predicted octanol–water partition coefficient (Wildman–Crippen LogP) is 2.09. The van der Waals surface area contributed by atoms with Crippen LogP contribution in [0.1, 0.15) is 33.0 Å². The van der Waals surface area contributed by atoms with Gasteiger partial charge in [-0.2, -0.15) is 0 Å². The predicted molar refractivity (Wildman–Crippen MR) is 132 cm³/mol. The molecular weight excluding hydrogens is 501 g/mol. The molecule has 0 atom stereocenters. The van der Waals surface area contributed by atoms with E-state index in [0.29, 0.717) is 5.92 Å². The Morgan fingerprint density at radius 3 is 2.66 bits per heavy atom. The number of aliphatic imine (C=N–C) groups is 1. The summed E-state index contributed by atoms with van der Waals surface area (Å²) in [7, 11) is 0. The highest BCUT2D eigenvalue weighted by molar-refractivity contribution is 14.0. The monoisotopic (exact) mass is 539 g/mol. The zero-order chi connectivity index (χ0) is 20.2. The molecule has 8 nitrogen and oxygen atoms in total. The Morgan fingerprint density at radius 1 is 1.24 bits per heavy atom. The summed E-state index contributed by atoms with van der Waals surface area (Å²) in [4.78, 5) is 7.14. The van der Waals surface area contributed by atoms with Crippen molar-refractivity contribution in [2.24, 2.45) is 10.9 Å². The largest absolute Gasteiger partial charge is 0.379 e. The van der Waals surface area contributed by atoms with Gasteiger partial charge in [-0.3, -0.25) is 9.89 Å². The van der Waals surface area contributed by atoms with Crippen LogP contribution in [-0.2, 0) is 17.7 Å². The minimum Gasteiger partial charge on any atom is -0.379 e. The average molecular weight is 540 g/mol. The lowest BCUT2D eigenvalue weighted by Crippen LogP contribution is -2.44. The fourth-order valence-corrected chi connectivity index (χ4v) is 3.65. The van der Waals surface area contributed by atoms with E-state index in [-0.39, 0.29) is 24.0 Å². The minimum absolute atomic E-state index is 0. The molecule has 2 rings (SSSR count). The van der Waals surface area contributed by atoms with Crippen LogP contribution in [0.15, 0.2) is 10.1 Å². The van der Waals surface area contributed by atoms with Crippen LogP contribution in [0.2, 0.25) is 0 Å². The number of aromatic nitrogens is 3. The summed E-state index contributed by atoms with van der Waals surface area (Å²) in [5.41, 5.74) is 0. The maximum absolute atomic E-state index is 5.39. The Kier molecular flexibility index (Phi) is 13.9. The van der Waals surface area contributed by atoms with Gasteiger partial charge < -0.3 is 19.9 Å². The quantitative estimate of drug-likeness (QED) is 0.147. The molecule has 0 aliphatic carbocycles. The van der Waals surface area contributed by atoms with Gasteiger partial charge in [0.2, 0.25) is 0 Å². The molecule has 1 fully saturated rings. The topological polar surface area (TPSA) is 79.6 Å². The van der Waals surface area contributed by atoms with Crippen molar-refractivity contribution in [3.8, 4) is 0 Å². The maximum atomic E-state index is 5.39. The van der Waals surface area contributed by atoms with Crippen molar-refractivity contribution in [3.05, 3.63) is 5.82 Å². The molecule has 0 radical (unpaired) electrons. The van der Waals surface area contributed by atoms with Crippen LogP contribution in [0.4, 0.5) is 0 Å². The van der Waals surface area contributed by atoms with Crippen molar-refractivity contribution in [2.45, 2.75) is 45.3 Å². The van der Waals surface area contributed by atoms with Crippen molar-refractivity contribution in [2.75, 3.05) is 58.7 Å². The van der Waals surface area contributed by atoms with Gasteiger partial charge in [0.25, 0.3) is 0 Å². The second-order valence-electron chi connectivity index (χ2n) is 7.35. The third kappa shape index (κ3) is 9.84. The van der Waals surface area contributed by atoms with E-state index in [2.05, 4.69) is 57.3 Å². The van der Waals surface area contributed by atoms with E-state index < -0.39 is 0 Å². The second-order valence-corrected chi connectivity index (χ2v) is 8.13. The number of guanidine groups is 1. The molecule has 0 saturated carbocycles. The number of hydrogen-bond donors (Lipinski definition) is 2. The second kappa shape index (κ2) is 15.2. The number of ether oxygens (including phenoxy) is 1. The number of aryl methyl sites for hydroxylation is 1. The van der Waals surface area contributed by atoms with Crippen LogP contribution < -0.4 is 10.6 Å². The lowest BCUT2D eigenvalue weighted by Gasteiger charge is -2.26. The Bertz CT molecular complexity index is 591. The van der Waals surface area contributed by atoms with Gasteiger partial charge in [0.15, 0.2) is 11.1 Å². The van der Waals surface area contributed by atoms with E-state index in [1.807, 2.05) is 0 Å². The summed E-state index contributed by atoms with van der Waals surface area (Å²) < 4.78 is 7.65. The summed E-state index contributed by atoms with van der Waals surface area (Å²) in [5.74, 6) is 2.54. The zero-order valence-electron chi connectivity index (χ0n) is 18.3. The molecule has 0 spiro atoms. The zero-order valence-corrected chi connectivity index (χ0v) is 21.5. The normalized spacial score (nSPS) is 15.4. The van der Waals surface area contributed by atoms with E-state index >= 15 is 0 Å². The molecule has 10 heteroatoms. The highest BCUT2D eigenvalue weighted by Gasteiger charge is 2.12. The number of rotatable bonds is 11. The van der Waals surface area contributed by atoms with Gasteiger partial charge in [-0.25, -0.2) is 0 Å². The van der Waals surface area contributed by atoms with Crippen LogP contribution in [0.3, 0.4) is 0 Å². The van der Waals surface area contributed by atoms with Gasteiger partial charge in [-0.1, -0.05) is 25.6 Å². The van der Waals surface area contributed by atoms with Gasteiger partial charge in [-0.05, 0) is 25.5 Å². The lowest BCUT2D eigenvalue weighted by atomic mass is 10.2. The molecule has 0 bridgehead atoms. The van der Waals surface area contributed by atoms with Gasteiger partial charge in [0, 0.05) is 52.2 Å². The standard InChI is InChI=1S/C19H37N7OS.HI/c1-5-20-18(22-9-10-25-11-13-27-14-12-25)21-8-6-7-17-23-24-19(28-4)26(17)15-16(2)3;/h16H,5-15H2,1-4H3,(H2,20,21,22);1H. The first-order valence-electron chi connectivity index (χ1n) is 10.4. The fourth-order valence-electron chi connectivity index (χ4n) is 3.13. The van der Waals surface area contributed by atoms with E-state index in [1.54, 1.807) is 11.8 Å². The van der Waals surface area contributed by atoms with Gasteiger partial charge in [0.05, 0.1) is 13.2 Å². The van der Waals surface area contributed by atoms with E-state index in [4.69, 9.17) is 9.73 Å². The van der Waals surface area contributed by atoms with Crippen LogP contribution in [0, 0.1) is 5.92 Å². The van der Waals surface area contributed by atoms with Crippen molar-refractivity contribution >= 4 is 41.7 Å². The summed E-state index contributed by atoms with van der Waals surface area (Å²) in [6, 6.07) is 0. The molecule has 1 aromatic heterocycles. The van der Waals surface area contributed by atoms with Crippen LogP contribution in [0.25, 0.3) is 0 Å². The molecule has 0 aromatic carbocycles. The third-order valence-corrected chi connectivity index (χ3v) is 5.19. The Morgan fingerprint density at radius 2 is 2.00 bits per heavy atom. The van der Waals surface area contributed by atoms with Crippen LogP contribution >= 0.6 is 35.7 Å². The van der Waals surface area contributed by atoms with Crippen molar-refractivity contribution in [1.82, 2.24) is 30.3 Å². The number of halogens is 1. The highest BCUT2D eigenvalue weighted by Crippen LogP contribution is 2.16. The molecule has 1 aromatic rings. The maximum Gasteiger partial charge on any atom is 0.191 e. The average Bonchev–Trinajstić information content (AvgIpc) is 3.07. The van der Waals surface area contributed by atoms with Crippen molar-refractivity contribution in [3.63, 3.8) is 0 Å². The van der Waals surface area contributed by atoms with Crippen LogP contribution in [-0.4, -0.2) is 84.4 Å². The Balaban J connectivity index is 0.00000420. The number of morpholine rings is 1. The van der Waals surface area contributed by atoms with Gasteiger partial charge in [0.1, 0.15) is 5.82 Å². The smallest absolute Gasteiger partial charge is 0.191 e. The lowest BCUT2D eigenvalue weighted by molar-refractivity contribution is 0.0389. The van der Waals surface area contributed by atoms with E-state index in [1.165, 1.54) is 0 Å². The first-order chi connectivity index (χ1) is 13.6. The first kappa shape index (κ1) is 26.4. The molecule has 29 heavy (non-hydrogen) atoms. The molecule has 2 heterocycles. The molecule has 1 aliphatic rings. The van der Waals surface area contributed by atoms with Crippen molar-refractivity contribution in [1.29, 1.82) is 0 Å². The number of nitrogens with zero attached hydrogens (tertiary/aromatic N) is 5. The van der Waals surface area contributed by atoms with Crippen LogP contribution in [0.5, 0.6) is 0 Å². The van der Waals surface area contributed by atoms with E-state index in [9.17, 15) is 0 Å². The summed E-state index contributed by atoms with van der Waals surface area (Å²) >= 11 is 1.66. The third-order valence-electron chi connectivity index (χ3n) is 4.52. The SMILES string of the molecule is CCNC(=NCCCc1nnc(SC)n1CC(C)C)NCCN1CCOCC1.I. The van der Waals surface area contributed by atoms with Gasteiger partial charge in [-0.15, -0.1) is 34.2 Å². The Labute approximate surface area is 197 Å². The first-order valence-corrected chi connectivity index (χ1v) is 11.6. The molecule has 1 aliphatic heterocycles. The summed E-state index contributed by atoms with van der Waals surface area (Å²) in [6.07, 6.45) is 3.92. The van der Waals surface area contributed by atoms with Crippen molar-refractivity contribution < 1.29 is 4.74 Å². The molecule has 0 amide bonds. The molecule has 0 unspecified atom stereocenters. The number of thioether (sulfide) groups is 1. The molecule has 1 saturated heterocycles.